The van der Waals surface area contributed by atoms with Crippen LogP contribution in [0, 0.1) is 17.1 Å². The number of urea groups is 1. The summed E-state index contributed by atoms with van der Waals surface area (Å²) in [4.78, 5) is 27.7. The number of alkyl halides is 3. The van der Waals surface area contributed by atoms with Crippen molar-refractivity contribution in [1.29, 1.82) is 5.26 Å². The first-order chi connectivity index (χ1) is 15.7. The van der Waals surface area contributed by atoms with Crippen LogP contribution in [0.3, 0.4) is 0 Å². The Morgan fingerprint density at radius 1 is 1.15 bits per heavy atom. The van der Waals surface area contributed by atoms with Gasteiger partial charge in [-0.1, -0.05) is 0 Å². The topological polar surface area (TPSA) is 85.7 Å². The number of nitrogens with one attached hydrogen (secondary N) is 1. The molecule has 11 heteroatoms. The smallest absolute Gasteiger partial charge is 0.379 e. The van der Waals surface area contributed by atoms with E-state index >= 15 is 0 Å². The minimum Gasteiger partial charge on any atom is -0.379 e. The molecule has 0 aromatic heterocycles. The maximum atomic E-state index is 14.6. The summed E-state index contributed by atoms with van der Waals surface area (Å²) in [5.74, 6) is -1.48. The van der Waals surface area contributed by atoms with Crippen LogP contribution in [0.4, 0.5) is 33.7 Å². The van der Waals surface area contributed by atoms with E-state index in [0.29, 0.717) is 13.0 Å². The summed E-state index contributed by atoms with van der Waals surface area (Å²) in [6, 6.07) is 6.54. The summed E-state index contributed by atoms with van der Waals surface area (Å²) < 4.78 is 60.5. The number of benzene rings is 2. The highest BCUT2D eigenvalue weighted by Gasteiger charge is 2.49. The number of fused-ring (bicyclic) bond motifs is 1. The fourth-order valence-electron chi connectivity index (χ4n) is 4.25. The predicted octanol–water partition coefficient (Wildman–Crippen LogP) is 3.68. The van der Waals surface area contributed by atoms with Gasteiger partial charge in [0.15, 0.2) is 0 Å². The molecule has 0 bridgehead atoms. The molecule has 7 nitrogen and oxygen atoms in total. The zero-order valence-electron chi connectivity index (χ0n) is 17.3. The summed E-state index contributed by atoms with van der Waals surface area (Å²) >= 11 is 0. The maximum absolute atomic E-state index is 14.6. The van der Waals surface area contributed by atoms with E-state index in [-0.39, 0.29) is 23.5 Å². The molecule has 2 fully saturated rings. The third-order valence-electron chi connectivity index (χ3n) is 5.78. The zero-order valence-corrected chi connectivity index (χ0v) is 17.3. The monoisotopic (exact) mass is 462 g/mol. The molecule has 0 radical (unpaired) electrons. The van der Waals surface area contributed by atoms with E-state index in [1.807, 2.05) is 0 Å². The third kappa shape index (κ3) is 3.87. The first-order valence-electron chi connectivity index (χ1n) is 10.0. The molecule has 0 spiro atoms. The van der Waals surface area contributed by atoms with Gasteiger partial charge in [-0.05, 0) is 42.8 Å². The van der Waals surface area contributed by atoms with Gasteiger partial charge in [-0.25, -0.2) is 9.18 Å². The number of nitriles is 1. The molecule has 2 unspecified atom stereocenters. The van der Waals surface area contributed by atoms with Gasteiger partial charge in [-0.15, -0.1) is 0 Å². The van der Waals surface area contributed by atoms with Crippen LogP contribution < -0.4 is 15.1 Å². The van der Waals surface area contributed by atoms with Crippen molar-refractivity contribution >= 4 is 23.3 Å². The average molecular weight is 462 g/mol. The van der Waals surface area contributed by atoms with Crippen molar-refractivity contribution in [3.63, 3.8) is 0 Å². The van der Waals surface area contributed by atoms with Gasteiger partial charge in [0.25, 0.3) is 5.91 Å². The average Bonchev–Trinajstić information content (AvgIpc) is 3.09. The number of halogens is 4. The highest BCUT2D eigenvalue weighted by molar-refractivity contribution is 6.08. The molecule has 3 amide bonds. The van der Waals surface area contributed by atoms with Gasteiger partial charge in [-0.3, -0.25) is 14.6 Å². The Bertz CT molecular complexity index is 1160. The molecule has 2 aromatic rings. The van der Waals surface area contributed by atoms with Crippen LogP contribution in [-0.2, 0) is 10.9 Å². The molecule has 0 aliphatic carbocycles. The van der Waals surface area contributed by atoms with Crippen LogP contribution in [0.25, 0.3) is 0 Å². The van der Waals surface area contributed by atoms with Gasteiger partial charge in [0.1, 0.15) is 5.82 Å². The van der Waals surface area contributed by atoms with Crippen LogP contribution in [0.2, 0.25) is 0 Å². The number of ether oxygens (including phenoxy) is 1. The second-order valence-electron chi connectivity index (χ2n) is 7.60. The summed E-state index contributed by atoms with van der Waals surface area (Å²) in [5.41, 5.74) is -1.77. The van der Waals surface area contributed by atoms with Gasteiger partial charge < -0.3 is 10.1 Å². The number of hydrogen-bond acceptors (Lipinski definition) is 4. The quantitative estimate of drug-likeness (QED) is 0.706. The van der Waals surface area contributed by atoms with Crippen LogP contribution in [0.1, 0.15) is 27.9 Å². The Balaban J connectivity index is 1.77. The Labute approximate surface area is 186 Å². The normalized spacial score (nSPS) is 20.4. The molecule has 2 aliphatic heterocycles. The van der Waals surface area contributed by atoms with E-state index in [2.05, 4.69) is 5.32 Å². The zero-order chi connectivity index (χ0) is 23.9. The van der Waals surface area contributed by atoms with Crippen molar-refractivity contribution in [3.8, 4) is 6.07 Å². The fraction of sp³-hybridized carbons (Fsp3) is 0.318. The first kappa shape index (κ1) is 22.5. The minimum atomic E-state index is -4.78. The number of anilines is 2. The standard InChI is InChI=1S/C22H18F4N4O3/c1-28-20(31)15-5-4-14(9-17(15)23)30-19-11-33-7-6-18(19)29(21(30)32)13-3-2-12(10-27)16(8-13)22(24,25)26/h2-5,8-9,18-19H,6-7,11H2,1H3,(H,28,31). The number of rotatable bonds is 3. The summed E-state index contributed by atoms with van der Waals surface area (Å²) in [5, 5.41) is 11.4. The number of nitrogens with zero attached hydrogens (tertiary/aromatic N) is 3. The van der Waals surface area contributed by atoms with Gasteiger partial charge in [0.05, 0.1) is 41.5 Å². The number of amides is 3. The van der Waals surface area contributed by atoms with E-state index in [4.69, 9.17) is 10.00 Å². The van der Waals surface area contributed by atoms with Crippen LogP contribution in [-0.4, -0.2) is 44.3 Å². The Hall–Kier alpha value is -3.65. The predicted molar refractivity (Wildman–Crippen MR) is 109 cm³/mol. The highest BCUT2D eigenvalue weighted by Crippen LogP contribution is 2.40. The largest absolute Gasteiger partial charge is 0.417 e. The number of hydrogen-bond donors (Lipinski definition) is 1. The number of carbonyl (C=O) groups is 2. The lowest BCUT2D eigenvalue weighted by atomic mass is 10.0. The van der Waals surface area contributed by atoms with Crippen molar-refractivity contribution in [2.24, 2.45) is 0 Å². The molecule has 2 aliphatic rings. The lowest BCUT2D eigenvalue weighted by Crippen LogP contribution is -2.45. The third-order valence-corrected chi connectivity index (χ3v) is 5.78. The molecule has 172 valence electrons. The molecule has 33 heavy (non-hydrogen) atoms. The molecule has 2 heterocycles. The first-order valence-corrected chi connectivity index (χ1v) is 10.0. The van der Waals surface area contributed by atoms with Crippen molar-refractivity contribution in [1.82, 2.24) is 5.32 Å². The van der Waals surface area contributed by atoms with E-state index in [9.17, 15) is 27.2 Å². The van der Waals surface area contributed by atoms with Gasteiger partial charge in [-0.2, -0.15) is 18.4 Å². The summed E-state index contributed by atoms with van der Waals surface area (Å²) in [6.45, 7) is 0.402. The van der Waals surface area contributed by atoms with Crippen molar-refractivity contribution in [3.05, 3.63) is 58.9 Å². The minimum absolute atomic E-state index is 0.0202. The van der Waals surface area contributed by atoms with E-state index in [0.717, 1.165) is 18.2 Å². The Morgan fingerprint density at radius 2 is 1.82 bits per heavy atom. The molecule has 2 aromatic carbocycles. The Morgan fingerprint density at radius 3 is 2.45 bits per heavy atom. The second-order valence-corrected chi connectivity index (χ2v) is 7.60. The second kappa shape index (κ2) is 8.37. The molecule has 2 atom stereocenters. The van der Waals surface area contributed by atoms with Crippen molar-refractivity contribution in [2.75, 3.05) is 30.1 Å². The van der Waals surface area contributed by atoms with Gasteiger partial charge >= 0.3 is 12.2 Å². The molecule has 4 rings (SSSR count). The van der Waals surface area contributed by atoms with Crippen molar-refractivity contribution in [2.45, 2.75) is 24.7 Å². The molecular weight excluding hydrogens is 444 g/mol. The lowest BCUT2D eigenvalue weighted by Gasteiger charge is -2.32. The fourth-order valence-corrected chi connectivity index (χ4v) is 4.25. The van der Waals surface area contributed by atoms with Gasteiger partial charge in [0.2, 0.25) is 0 Å². The van der Waals surface area contributed by atoms with Crippen LogP contribution in [0.5, 0.6) is 0 Å². The number of carbonyl (C=O) groups excluding carboxylic acids is 2. The van der Waals surface area contributed by atoms with E-state index in [1.54, 1.807) is 0 Å². The summed E-state index contributed by atoms with van der Waals surface area (Å²) in [6.07, 6.45) is -4.43. The highest BCUT2D eigenvalue weighted by atomic mass is 19.4. The molecule has 2 saturated heterocycles. The maximum Gasteiger partial charge on any atom is 0.417 e. The Kier molecular flexibility index (Phi) is 5.71. The van der Waals surface area contributed by atoms with E-state index in [1.165, 1.54) is 41.1 Å². The molecule has 0 saturated carbocycles. The molecule has 1 N–H and O–H groups in total. The van der Waals surface area contributed by atoms with Crippen LogP contribution in [0.15, 0.2) is 36.4 Å². The summed E-state index contributed by atoms with van der Waals surface area (Å²) in [7, 11) is 1.36. The molecular formula is C22H18F4N4O3. The van der Waals surface area contributed by atoms with Crippen LogP contribution >= 0.6 is 0 Å². The van der Waals surface area contributed by atoms with Gasteiger partial charge in [0, 0.05) is 25.0 Å². The lowest BCUT2D eigenvalue weighted by molar-refractivity contribution is -0.137. The van der Waals surface area contributed by atoms with E-state index < -0.39 is 47.1 Å². The van der Waals surface area contributed by atoms with Crippen molar-refractivity contribution < 1.29 is 31.9 Å². The SMILES string of the molecule is CNC(=O)c1ccc(N2C(=O)N(c3ccc(C#N)c(C(F)(F)F)c3)C3CCOCC32)cc1F.